The number of nitrogens with one attached hydrogen (secondary N) is 1. The van der Waals surface area contributed by atoms with Gasteiger partial charge in [-0.05, 0) is 64.7 Å². The fraction of sp³-hybridized carbons (Fsp3) is 0.357. The lowest BCUT2D eigenvalue weighted by molar-refractivity contribution is -0.135. The van der Waals surface area contributed by atoms with Crippen LogP contribution in [0.5, 0.6) is 5.88 Å². The molecule has 0 fully saturated rings. The van der Waals surface area contributed by atoms with Gasteiger partial charge in [0.25, 0.3) is 5.91 Å². The van der Waals surface area contributed by atoms with Crippen molar-refractivity contribution in [1.29, 1.82) is 0 Å². The third-order valence-electron chi connectivity index (χ3n) is 5.80. The van der Waals surface area contributed by atoms with E-state index in [9.17, 15) is 4.79 Å². The lowest BCUT2D eigenvalue weighted by Gasteiger charge is -2.31. The Morgan fingerprint density at radius 1 is 0.969 bits per heavy atom. The molecule has 1 heterocycles. The van der Waals surface area contributed by atoms with Crippen LogP contribution in [0, 0.1) is 20.8 Å². The van der Waals surface area contributed by atoms with Crippen LogP contribution < -0.4 is 10.1 Å². The van der Waals surface area contributed by atoms with Gasteiger partial charge in [0.05, 0.1) is 0 Å². The van der Waals surface area contributed by atoms with Crippen molar-refractivity contribution in [2.45, 2.75) is 65.5 Å². The first kappa shape index (κ1) is 23.5. The molecule has 0 saturated heterocycles. The lowest BCUT2D eigenvalue weighted by atomic mass is 9.85. The summed E-state index contributed by atoms with van der Waals surface area (Å²) in [6.45, 7) is 11.8. The highest BCUT2D eigenvalue weighted by molar-refractivity contribution is 5.85. The van der Waals surface area contributed by atoms with E-state index in [1.165, 1.54) is 22.3 Å². The molecule has 0 spiro atoms. The highest BCUT2D eigenvalue weighted by atomic mass is 16.5. The normalized spacial score (nSPS) is 13.3. The maximum Gasteiger partial charge on any atom is 0.263 e. The van der Waals surface area contributed by atoms with Gasteiger partial charge in [0, 0.05) is 24.2 Å². The zero-order valence-corrected chi connectivity index (χ0v) is 20.0. The molecule has 32 heavy (non-hydrogen) atoms. The van der Waals surface area contributed by atoms with Crippen molar-refractivity contribution < 1.29 is 9.53 Å². The van der Waals surface area contributed by atoms with Gasteiger partial charge in [0.2, 0.25) is 5.88 Å². The van der Waals surface area contributed by atoms with Crippen LogP contribution >= 0.6 is 0 Å². The molecule has 1 N–H and O–H groups in total. The minimum atomic E-state index is -1.04. The van der Waals surface area contributed by atoms with Crippen LogP contribution in [0.3, 0.4) is 0 Å². The van der Waals surface area contributed by atoms with Gasteiger partial charge in [-0.25, -0.2) is 4.98 Å². The molecule has 2 unspecified atom stereocenters. The van der Waals surface area contributed by atoms with Crippen molar-refractivity contribution >= 4 is 5.91 Å². The highest BCUT2D eigenvalue weighted by Gasteiger charge is 2.33. The van der Waals surface area contributed by atoms with Crippen LogP contribution in [0.15, 0.2) is 66.9 Å². The predicted molar refractivity (Wildman–Crippen MR) is 130 cm³/mol. The van der Waals surface area contributed by atoms with E-state index in [1.807, 2.05) is 13.0 Å². The number of hydrogen-bond acceptors (Lipinski definition) is 3. The summed E-state index contributed by atoms with van der Waals surface area (Å²) in [5.41, 5.74) is 4.93. The van der Waals surface area contributed by atoms with E-state index < -0.39 is 5.60 Å². The molecule has 2 atom stereocenters. The van der Waals surface area contributed by atoms with Gasteiger partial charge in [0.1, 0.15) is 0 Å². The Morgan fingerprint density at radius 3 is 2.28 bits per heavy atom. The summed E-state index contributed by atoms with van der Waals surface area (Å²) in [7, 11) is 0. The van der Waals surface area contributed by atoms with Crippen molar-refractivity contribution in [3.63, 3.8) is 0 Å². The standard InChI is InChI=1S/C28H34N2O2/c1-19-10-13-23(14-11-19)17-25(24-9-7-8-20(2)16-24)22(4)30-27(31)28(5,6)32-26-15-12-21(3)18-29-26/h7-16,18,22,25H,17H2,1-6H3,(H,30,31). The number of aryl methyl sites for hydroxylation is 3. The monoisotopic (exact) mass is 430 g/mol. The van der Waals surface area contributed by atoms with Gasteiger partial charge in [-0.2, -0.15) is 0 Å². The van der Waals surface area contributed by atoms with Crippen molar-refractivity contribution in [1.82, 2.24) is 10.3 Å². The van der Waals surface area contributed by atoms with Gasteiger partial charge >= 0.3 is 0 Å². The second-order valence-electron chi connectivity index (χ2n) is 9.26. The van der Waals surface area contributed by atoms with Gasteiger partial charge in [-0.3, -0.25) is 4.79 Å². The average molecular weight is 431 g/mol. The quantitative estimate of drug-likeness (QED) is 0.499. The van der Waals surface area contributed by atoms with Gasteiger partial charge in [0.15, 0.2) is 5.60 Å². The van der Waals surface area contributed by atoms with E-state index in [0.29, 0.717) is 5.88 Å². The van der Waals surface area contributed by atoms with E-state index >= 15 is 0 Å². The minimum Gasteiger partial charge on any atom is -0.462 e. The summed E-state index contributed by atoms with van der Waals surface area (Å²) < 4.78 is 5.93. The number of pyridine rings is 1. The first-order valence-corrected chi connectivity index (χ1v) is 11.2. The van der Waals surface area contributed by atoms with Crippen molar-refractivity contribution in [3.05, 3.63) is 94.7 Å². The first-order chi connectivity index (χ1) is 15.1. The number of rotatable bonds is 8. The van der Waals surface area contributed by atoms with Gasteiger partial charge < -0.3 is 10.1 Å². The van der Waals surface area contributed by atoms with E-state index in [4.69, 9.17) is 4.74 Å². The fourth-order valence-corrected chi connectivity index (χ4v) is 3.77. The van der Waals surface area contributed by atoms with Crippen molar-refractivity contribution in [2.24, 2.45) is 0 Å². The SMILES string of the molecule is Cc1ccc(CC(c2cccc(C)c2)C(C)NC(=O)C(C)(C)Oc2ccc(C)cn2)cc1. The van der Waals surface area contributed by atoms with E-state index in [2.05, 4.69) is 79.6 Å². The zero-order valence-electron chi connectivity index (χ0n) is 20.0. The third-order valence-corrected chi connectivity index (χ3v) is 5.80. The molecule has 0 bridgehead atoms. The Labute approximate surface area is 192 Å². The van der Waals surface area contributed by atoms with Crippen LogP contribution in [0.4, 0.5) is 0 Å². The number of hydrogen-bond donors (Lipinski definition) is 1. The topological polar surface area (TPSA) is 51.2 Å². The highest BCUT2D eigenvalue weighted by Crippen LogP contribution is 2.27. The van der Waals surface area contributed by atoms with Crippen molar-refractivity contribution in [2.75, 3.05) is 0 Å². The van der Waals surface area contributed by atoms with Crippen molar-refractivity contribution in [3.8, 4) is 5.88 Å². The molecule has 168 valence electrons. The molecule has 3 aromatic rings. The van der Waals surface area contributed by atoms with E-state index in [0.717, 1.165) is 12.0 Å². The van der Waals surface area contributed by atoms with Gasteiger partial charge in [-0.1, -0.05) is 65.7 Å². The molecule has 0 aliphatic rings. The summed E-state index contributed by atoms with van der Waals surface area (Å²) in [6, 6.07) is 20.8. The Morgan fingerprint density at radius 2 is 1.66 bits per heavy atom. The smallest absolute Gasteiger partial charge is 0.263 e. The Bertz CT molecular complexity index is 1040. The second-order valence-corrected chi connectivity index (χ2v) is 9.26. The molecule has 0 radical (unpaired) electrons. The molecule has 1 aromatic heterocycles. The maximum atomic E-state index is 13.2. The second kappa shape index (κ2) is 9.99. The lowest BCUT2D eigenvalue weighted by Crippen LogP contribution is -2.51. The average Bonchev–Trinajstić information content (AvgIpc) is 2.74. The Balaban J connectivity index is 1.78. The van der Waals surface area contributed by atoms with Crippen LogP contribution in [-0.4, -0.2) is 22.5 Å². The number of amides is 1. The third kappa shape index (κ3) is 6.19. The van der Waals surface area contributed by atoms with Crippen LogP contribution in [0.25, 0.3) is 0 Å². The Hall–Kier alpha value is -3.14. The molecule has 2 aromatic carbocycles. The largest absolute Gasteiger partial charge is 0.462 e. The molecule has 3 rings (SSSR count). The molecule has 4 heteroatoms. The predicted octanol–water partition coefficient (Wildman–Crippen LogP) is 5.70. The molecule has 0 saturated carbocycles. The zero-order chi connectivity index (χ0) is 23.3. The summed E-state index contributed by atoms with van der Waals surface area (Å²) in [5.74, 6) is 0.419. The van der Waals surface area contributed by atoms with E-state index in [1.54, 1.807) is 26.1 Å². The number of ether oxygens (including phenoxy) is 1. The Kier molecular flexibility index (Phi) is 7.34. The number of aromatic nitrogens is 1. The first-order valence-electron chi connectivity index (χ1n) is 11.2. The molecular weight excluding hydrogens is 396 g/mol. The molecular formula is C28H34N2O2. The van der Waals surface area contributed by atoms with E-state index in [-0.39, 0.29) is 17.9 Å². The summed E-state index contributed by atoms with van der Waals surface area (Å²) in [4.78, 5) is 17.5. The number of benzene rings is 2. The van der Waals surface area contributed by atoms with Crippen LogP contribution in [0.1, 0.15) is 54.5 Å². The van der Waals surface area contributed by atoms with Gasteiger partial charge in [-0.15, -0.1) is 0 Å². The number of carbonyl (C=O) groups is 1. The summed E-state index contributed by atoms with van der Waals surface area (Å²) in [6.07, 6.45) is 2.58. The van der Waals surface area contributed by atoms with Crippen LogP contribution in [0.2, 0.25) is 0 Å². The number of carbonyl (C=O) groups excluding carboxylic acids is 1. The minimum absolute atomic E-state index is 0.0838. The molecule has 0 aliphatic heterocycles. The molecule has 4 nitrogen and oxygen atoms in total. The number of nitrogens with zero attached hydrogens (tertiary/aromatic N) is 1. The molecule has 1 amide bonds. The summed E-state index contributed by atoms with van der Waals surface area (Å²) >= 11 is 0. The summed E-state index contributed by atoms with van der Waals surface area (Å²) in [5, 5.41) is 3.21. The van der Waals surface area contributed by atoms with Crippen LogP contribution in [-0.2, 0) is 11.2 Å². The maximum absolute atomic E-state index is 13.2. The molecule has 0 aliphatic carbocycles. The fourth-order valence-electron chi connectivity index (χ4n) is 3.77.